The van der Waals surface area contributed by atoms with E-state index in [1.807, 2.05) is 13.0 Å². The molecule has 3 rings (SSSR count). The molecule has 0 spiro atoms. The van der Waals surface area contributed by atoms with Crippen molar-refractivity contribution in [3.63, 3.8) is 0 Å². The lowest BCUT2D eigenvalue weighted by molar-refractivity contribution is -0.257. The largest absolute Gasteiger partial charge is 0.384 e. The molecule has 6 N–H and O–H groups in total. The summed E-state index contributed by atoms with van der Waals surface area (Å²) in [6, 6.07) is 5.67. The number of rotatable bonds is 7. The van der Waals surface area contributed by atoms with Crippen molar-refractivity contribution in [2.45, 2.75) is 44.5 Å². The van der Waals surface area contributed by atoms with Gasteiger partial charge in [0.25, 0.3) is 0 Å². The highest BCUT2D eigenvalue weighted by molar-refractivity contribution is 5.87. The standard InChI is InChI=1S/C19H25N5O4/c1-11(13-4-3-6-21-10-13)23-18(26)24-16(19(2,27)28)14(17(24)25)8-12-5-7-22-15(20)9-12/h3-7,9-11,14,16,18,23,26-28H,8H2,1-2H3,(H2,20,22). The topological polar surface area (TPSA) is 145 Å². The summed E-state index contributed by atoms with van der Waals surface area (Å²) in [6.45, 7) is 3.01. The molecule has 1 aliphatic rings. The summed E-state index contributed by atoms with van der Waals surface area (Å²) in [5.41, 5.74) is 7.25. The van der Waals surface area contributed by atoms with Gasteiger partial charge in [0.15, 0.2) is 12.1 Å². The zero-order valence-corrected chi connectivity index (χ0v) is 15.7. The molecule has 1 saturated heterocycles. The maximum absolute atomic E-state index is 12.7. The molecule has 2 aromatic rings. The van der Waals surface area contributed by atoms with Crippen molar-refractivity contribution < 1.29 is 20.1 Å². The first kappa shape index (κ1) is 20.2. The fourth-order valence-corrected chi connectivity index (χ4v) is 3.60. The Morgan fingerprint density at radius 1 is 1.36 bits per heavy atom. The quantitative estimate of drug-likeness (QED) is 0.323. The molecule has 150 valence electrons. The Hall–Kier alpha value is -2.59. The van der Waals surface area contributed by atoms with Crippen LogP contribution >= 0.6 is 0 Å². The van der Waals surface area contributed by atoms with Crippen molar-refractivity contribution >= 4 is 11.7 Å². The van der Waals surface area contributed by atoms with E-state index in [-0.39, 0.29) is 18.4 Å². The summed E-state index contributed by atoms with van der Waals surface area (Å²) < 4.78 is 0. The molecule has 4 unspecified atom stereocenters. The molecule has 1 aliphatic heterocycles. The van der Waals surface area contributed by atoms with E-state index in [0.29, 0.717) is 5.82 Å². The van der Waals surface area contributed by atoms with Crippen LogP contribution < -0.4 is 11.1 Å². The SMILES string of the molecule is CC(NC(O)N1C(=O)C(Cc2ccnc(N)c2)C1C(C)(O)O)c1cccnc1. The van der Waals surface area contributed by atoms with Gasteiger partial charge in [-0.15, -0.1) is 0 Å². The van der Waals surface area contributed by atoms with Gasteiger partial charge in [-0.25, -0.2) is 4.98 Å². The van der Waals surface area contributed by atoms with E-state index in [0.717, 1.165) is 16.0 Å². The van der Waals surface area contributed by atoms with Crippen LogP contribution in [0.15, 0.2) is 42.9 Å². The number of nitrogen functional groups attached to an aromatic ring is 1. The Labute approximate surface area is 162 Å². The molecule has 1 fully saturated rings. The Morgan fingerprint density at radius 2 is 2.11 bits per heavy atom. The van der Waals surface area contributed by atoms with Crippen molar-refractivity contribution in [3.05, 3.63) is 54.0 Å². The van der Waals surface area contributed by atoms with Gasteiger partial charge in [0.05, 0.1) is 5.92 Å². The number of pyridine rings is 2. The number of aliphatic hydroxyl groups excluding tert-OH is 1. The van der Waals surface area contributed by atoms with E-state index < -0.39 is 24.1 Å². The first-order valence-electron chi connectivity index (χ1n) is 9.00. The number of carbonyl (C=O) groups excluding carboxylic acids is 1. The summed E-state index contributed by atoms with van der Waals surface area (Å²) in [7, 11) is 0. The minimum absolute atomic E-state index is 0.258. The zero-order chi connectivity index (χ0) is 20.5. The highest BCUT2D eigenvalue weighted by Crippen LogP contribution is 2.37. The third-order valence-electron chi connectivity index (χ3n) is 4.96. The molecule has 2 aromatic heterocycles. The van der Waals surface area contributed by atoms with Crippen LogP contribution in [0.2, 0.25) is 0 Å². The number of aromatic nitrogens is 2. The molecule has 9 nitrogen and oxygen atoms in total. The summed E-state index contributed by atoms with van der Waals surface area (Å²) >= 11 is 0. The van der Waals surface area contributed by atoms with E-state index in [9.17, 15) is 20.1 Å². The number of nitrogens with zero attached hydrogens (tertiary/aromatic N) is 3. The normalized spacial score (nSPS) is 21.9. The first-order valence-corrected chi connectivity index (χ1v) is 9.00. The second-order valence-electron chi connectivity index (χ2n) is 7.23. The molecule has 0 saturated carbocycles. The molecule has 1 amide bonds. The lowest BCUT2D eigenvalue weighted by Gasteiger charge is -2.53. The minimum atomic E-state index is -2.18. The third-order valence-corrected chi connectivity index (χ3v) is 4.96. The lowest BCUT2D eigenvalue weighted by Crippen LogP contribution is -2.74. The van der Waals surface area contributed by atoms with E-state index >= 15 is 0 Å². The highest BCUT2D eigenvalue weighted by atomic mass is 16.5. The van der Waals surface area contributed by atoms with Gasteiger partial charge in [-0.3, -0.25) is 20.0 Å². The van der Waals surface area contributed by atoms with Gasteiger partial charge >= 0.3 is 0 Å². The minimum Gasteiger partial charge on any atom is -0.384 e. The number of hydrogen-bond donors (Lipinski definition) is 5. The van der Waals surface area contributed by atoms with Crippen molar-refractivity contribution in [2.24, 2.45) is 5.92 Å². The number of carbonyl (C=O) groups is 1. The molecular weight excluding hydrogens is 362 g/mol. The average Bonchev–Trinajstić information content (AvgIpc) is 2.63. The Morgan fingerprint density at radius 3 is 2.71 bits per heavy atom. The molecule has 0 bridgehead atoms. The average molecular weight is 387 g/mol. The van der Waals surface area contributed by atoms with E-state index in [1.165, 1.54) is 13.1 Å². The number of amides is 1. The predicted molar refractivity (Wildman–Crippen MR) is 101 cm³/mol. The number of likely N-dealkylation sites (tertiary alicyclic amines) is 1. The van der Waals surface area contributed by atoms with Crippen LogP contribution in [-0.2, 0) is 11.2 Å². The molecule has 0 aliphatic carbocycles. The van der Waals surface area contributed by atoms with Crippen LogP contribution in [-0.4, -0.2) is 54.3 Å². The van der Waals surface area contributed by atoms with Crippen LogP contribution in [0.5, 0.6) is 0 Å². The Bertz CT molecular complexity index is 827. The van der Waals surface area contributed by atoms with E-state index in [1.54, 1.807) is 30.6 Å². The Balaban J connectivity index is 1.74. The molecular formula is C19H25N5O4. The predicted octanol–water partition coefficient (Wildman–Crippen LogP) is -0.244. The second kappa shape index (κ2) is 7.80. The van der Waals surface area contributed by atoms with Crippen LogP contribution in [0.4, 0.5) is 5.82 Å². The van der Waals surface area contributed by atoms with Gasteiger partial charge in [-0.1, -0.05) is 6.07 Å². The van der Waals surface area contributed by atoms with Gasteiger partial charge < -0.3 is 21.1 Å². The number of β-lactam (4-membered cyclic amide) rings is 1. The zero-order valence-electron chi connectivity index (χ0n) is 15.7. The van der Waals surface area contributed by atoms with Crippen molar-refractivity contribution in [2.75, 3.05) is 5.73 Å². The van der Waals surface area contributed by atoms with Crippen LogP contribution in [0.3, 0.4) is 0 Å². The van der Waals surface area contributed by atoms with Gasteiger partial charge in [0.2, 0.25) is 5.91 Å². The number of nitrogens with two attached hydrogens (primary N) is 1. The number of hydrogen-bond acceptors (Lipinski definition) is 8. The molecule has 0 radical (unpaired) electrons. The van der Waals surface area contributed by atoms with Crippen LogP contribution in [0.25, 0.3) is 0 Å². The maximum Gasteiger partial charge on any atom is 0.231 e. The third kappa shape index (κ3) is 4.12. The molecule has 3 heterocycles. The fourth-order valence-electron chi connectivity index (χ4n) is 3.60. The summed E-state index contributed by atoms with van der Waals surface area (Å²) in [6.07, 6.45) is 3.70. The molecule has 4 atom stereocenters. The molecule has 0 aromatic carbocycles. The highest BCUT2D eigenvalue weighted by Gasteiger charge is 2.57. The summed E-state index contributed by atoms with van der Waals surface area (Å²) in [5.74, 6) is -2.95. The Kier molecular flexibility index (Phi) is 5.61. The van der Waals surface area contributed by atoms with Gasteiger partial charge in [-0.2, -0.15) is 0 Å². The fraction of sp³-hybridized carbons (Fsp3) is 0.421. The van der Waals surface area contributed by atoms with Gasteiger partial charge in [0, 0.05) is 24.6 Å². The van der Waals surface area contributed by atoms with Crippen molar-refractivity contribution in [1.29, 1.82) is 0 Å². The maximum atomic E-state index is 12.7. The first-order chi connectivity index (χ1) is 13.2. The summed E-state index contributed by atoms with van der Waals surface area (Å²) in [4.78, 5) is 21.7. The van der Waals surface area contributed by atoms with Crippen LogP contribution in [0, 0.1) is 5.92 Å². The second-order valence-corrected chi connectivity index (χ2v) is 7.23. The summed E-state index contributed by atoms with van der Waals surface area (Å²) in [5, 5.41) is 33.9. The van der Waals surface area contributed by atoms with Gasteiger partial charge in [0.1, 0.15) is 11.9 Å². The number of anilines is 1. The number of aliphatic hydroxyl groups is 3. The van der Waals surface area contributed by atoms with E-state index in [4.69, 9.17) is 5.73 Å². The monoisotopic (exact) mass is 387 g/mol. The van der Waals surface area contributed by atoms with Crippen molar-refractivity contribution in [3.8, 4) is 0 Å². The van der Waals surface area contributed by atoms with E-state index in [2.05, 4.69) is 15.3 Å². The smallest absolute Gasteiger partial charge is 0.231 e. The lowest BCUT2D eigenvalue weighted by atomic mass is 9.78. The van der Waals surface area contributed by atoms with Gasteiger partial charge in [-0.05, 0) is 49.6 Å². The van der Waals surface area contributed by atoms with Crippen LogP contribution in [0.1, 0.15) is 31.0 Å². The molecule has 28 heavy (non-hydrogen) atoms. The number of nitrogens with one attached hydrogen (secondary N) is 1. The van der Waals surface area contributed by atoms with Crippen molar-refractivity contribution in [1.82, 2.24) is 20.2 Å². The molecule has 9 heteroatoms.